The standard InChI is InChI=1S/C21H25NO2/c1-21(2,3)18-9-10-22-19-16(18)12-15(13-17(19)20(23)24)11-14-7-5-4-6-8-14/h4-8,12-13,18,22H,9-11H2,1-3H3,(H,23,24). The van der Waals surface area contributed by atoms with Gasteiger partial charge >= 0.3 is 5.97 Å². The molecule has 0 spiro atoms. The average Bonchev–Trinajstić information content (AvgIpc) is 2.53. The quantitative estimate of drug-likeness (QED) is 0.843. The van der Waals surface area contributed by atoms with E-state index in [1.165, 1.54) is 5.56 Å². The second kappa shape index (κ2) is 6.31. The summed E-state index contributed by atoms with van der Waals surface area (Å²) in [5.74, 6) is -0.495. The van der Waals surface area contributed by atoms with Crippen LogP contribution in [0.1, 0.15) is 60.2 Å². The smallest absolute Gasteiger partial charge is 0.337 e. The summed E-state index contributed by atoms with van der Waals surface area (Å²) in [4.78, 5) is 11.8. The van der Waals surface area contributed by atoms with E-state index >= 15 is 0 Å². The van der Waals surface area contributed by atoms with Gasteiger partial charge in [-0.3, -0.25) is 0 Å². The molecule has 0 saturated carbocycles. The number of nitrogens with one attached hydrogen (secondary N) is 1. The highest BCUT2D eigenvalue weighted by Gasteiger charge is 2.32. The van der Waals surface area contributed by atoms with Crippen LogP contribution >= 0.6 is 0 Å². The van der Waals surface area contributed by atoms with Crippen molar-refractivity contribution in [3.05, 3.63) is 64.7 Å². The Kier molecular flexibility index (Phi) is 4.35. The van der Waals surface area contributed by atoms with Gasteiger partial charge in [0.05, 0.1) is 11.3 Å². The van der Waals surface area contributed by atoms with Crippen molar-refractivity contribution in [2.45, 2.75) is 39.5 Å². The van der Waals surface area contributed by atoms with Crippen molar-refractivity contribution in [3.8, 4) is 0 Å². The minimum atomic E-state index is -0.858. The number of benzene rings is 2. The number of hydrogen-bond donors (Lipinski definition) is 2. The van der Waals surface area contributed by atoms with Crippen LogP contribution in [0.4, 0.5) is 5.69 Å². The van der Waals surface area contributed by atoms with Gasteiger partial charge in [0.15, 0.2) is 0 Å². The Hall–Kier alpha value is -2.29. The summed E-state index contributed by atoms with van der Waals surface area (Å²) in [5, 5.41) is 13.0. The summed E-state index contributed by atoms with van der Waals surface area (Å²) in [6.45, 7) is 7.53. The summed E-state index contributed by atoms with van der Waals surface area (Å²) in [7, 11) is 0. The molecular formula is C21H25NO2. The molecule has 0 bridgehead atoms. The maximum Gasteiger partial charge on any atom is 0.337 e. The van der Waals surface area contributed by atoms with Gasteiger partial charge in [-0.15, -0.1) is 0 Å². The van der Waals surface area contributed by atoms with E-state index in [0.29, 0.717) is 11.5 Å². The van der Waals surface area contributed by atoms with Crippen LogP contribution < -0.4 is 5.32 Å². The Balaban J connectivity index is 2.09. The van der Waals surface area contributed by atoms with Crippen molar-refractivity contribution < 1.29 is 9.90 Å². The first-order chi connectivity index (χ1) is 11.4. The second-order valence-corrected chi connectivity index (χ2v) is 7.71. The minimum Gasteiger partial charge on any atom is -0.478 e. The zero-order valence-electron chi connectivity index (χ0n) is 14.6. The van der Waals surface area contributed by atoms with Crippen LogP contribution in [0.3, 0.4) is 0 Å². The molecule has 2 aromatic carbocycles. The van der Waals surface area contributed by atoms with E-state index in [0.717, 1.165) is 36.2 Å². The molecule has 1 atom stereocenters. The first-order valence-electron chi connectivity index (χ1n) is 8.54. The Morgan fingerprint density at radius 1 is 1.17 bits per heavy atom. The Labute approximate surface area is 143 Å². The van der Waals surface area contributed by atoms with Crippen LogP contribution in [-0.2, 0) is 6.42 Å². The first kappa shape index (κ1) is 16.6. The summed E-state index contributed by atoms with van der Waals surface area (Å²) >= 11 is 0. The fourth-order valence-corrected chi connectivity index (χ4v) is 3.70. The number of carbonyl (C=O) groups is 1. The van der Waals surface area contributed by atoms with Gasteiger partial charge in [0, 0.05) is 6.54 Å². The highest BCUT2D eigenvalue weighted by Crippen LogP contribution is 2.45. The van der Waals surface area contributed by atoms with Crippen LogP contribution in [0.15, 0.2) is 42.5 Å². The lowest BCUT2D eigenvalue weighted by atomic mass is 9.72. The number of carboxylic acids is 1. The lowest BCUT2D eigenvalue weighted by Crippen LogP contribution is -2.28. The molecule has 0 aromatic heterocycles. The number of anilines is 1. The molecule has 3 rings (SSSR count). The molecule has 3 heteroatoms. The van der Waals surface area contributed by atoms with Crippen LogP contribution in [0.2, 0.25) is 0 Å². The zero-order chi connectivity index (χ0) is 17.3. The third-order valence-corrected chi connectivity index (χ3v) is 4.87. The first-order valence-corrected chi connectivity index (χ1v) is 8.54. The van der Waals surface area contributed by atoms with E-state index in [1.54, 1.807) is 0 Å². The van der Waals surface area contributed by atoms with Gasteiger partial charge in [-0.2, -0.15) is 0 Å². The normalized spacial score (nSPS) is 17.0. The molecule has 1 unspecified atom stereocenters. The third-order valence-electron chi connectivity index (χ3n) is 4.87. The van der Waals surface area contributed by atoms with Crippen LogP contribution in [0.25, 0.3) is 0 Å². The monoisotopic (exact) mass is 323 g/mol. The van der Waals surface area contributed by atoms with E-state index in [-0.39, 0.29) is 5.41 Å². The van der Waals surface area contributed by atoms with E-state index in [2.05, 4.69) is 44.3 Å². The van der Waals surface area contributed by atoms with Gasteiger partial charge in [-0.05, 0) is 46.9 Å². The number of carboxylic acid groups (broad SMARTS) is 1. The maximum absolute atomic E-state index is 11.8. The molecule has 126 valence electrons. The fourth-order valence-electron chi connectivity index (χ4n) is 3.70. The summed E-state index contributed by atoms with van der Waals surface area (Å²) in [5.41, 5.74) is 4.73. The molecule has 0 fully saturated rings. The minimum absolute atomic E-state index is 0.109. The van der Waals surface area contributed by atoms with E-state index in [1.807, 2.05) is 24.3 Å². The van der Waals surface area contributed by atoms with Gasteiger partial charge in [0.1, 0.15) is 0 Å². The largest absolute Gasteiger partial charge is 0.478 e. The number of hydrogen-bond acceptors (Lipinski definition) is 2. The Morgan fingerprint density at radius 3 is 2.50 bits per heavy atom. The van der Waals surface area contributed by atoms with Gasteiger partial charge in [0.2, 0.25) is 0 Å². The van der Waals surface area contributed by atoms with Gasteiger partial charge in [0.25, 0.3) is 0 Å². The lowest BCUT2D eigenvalue weighted by molar-refractivity contribution is 0.0697. The third kappa shape index (κ3) is 3.30. The highest BCUT2D eigenvalue weighted by molar-refractivity contribution is 5.96. The van der Waals surface area contributed by atoms with Crippen molar-refractivity contribution in [2.24, 2.45) is 5.41 Å². The highest BCUT2D eigenvalue weighted by atomic mass is 16.4. The molecule has 0 radical (unpaired) electrons. The molecule has 3 nitrogen and oxygen atoms in total. The Bertz CT molecular complexity index is 744. The predicted octanol–water partition coefficient (Wildman–Crippen LogP) is 4.92. The van der Waals surface area contributed by atoms with E-state index < -0.39 is 5.97 Å². The van der Waals surface area contributed by atoms with Crippen LogP contribution in [0, 0.1) is 5.41 Å². The molecule has 1 aliphatic rings. The predicted molar refractivity (Wildman–Crippen MR) is 98.0 cm³/mol. The van der Waals surface area contributed by atoms with Crippen LogP contribution in [0.5, 0.6) is 0 Å². The zero-order valence-corrected chi connectivity index (χ0v) is 14.6. The molecule has 2 N–H and O–H groups in total. The molecule has 0 amide bonds. The number of fused-ring (bicyclic) bond motifs is 1. The van der Waals surface area contributed by atoms with Crippen molar-refractivity contribution in [1.82, 2.24) is 0 Å². The molecular weight excluding hydrogens is 298 g/mol. The summed E-state index contributed by atoms with van der Waals surface area (Å²) in [6.07, 6.45) is 1.79. The number of aromatic carboxylic acids is 1. The number of rotatable bonds is 3. The van der Waals surface area contributed by atoms with Crippen LogP contribution in [-0.4, -0.2) is 17.6 Å². The van der Waals surface area contributed by atoms with Gasteiger partial charge in [-0.1, -0.05) is 57.2 Å². The topological polar surface area (TPSA) is 49.3 Å². The molecule has 0 saturated heterocycles. The van der Waals surface area contributed by atoms with Crippen molar-refractivity contribution >= 4 is 11.7 Å². The molecule has 2 aromatic rings. The van der Waals surface area contributed by atoms with Crippen molar-refractivity contribution in [2.75, 3.05) is 11.9 Å². The van der Waals surface area contributed by atoms with E-state index in [4.69, 9.17) is 0 Å². The Morgan fingerprint density at radius 2 is 1.88 bits per heavy atom. The van der Waals surface area contributed by atoms with Crippen molar-refractivity contribution in [3.63, 3.8) is 0 Å². The molecule has 0 aliphatic carbocycles. The molecule has 1 aliphatic heterocycles. The lowest BCUT2D eigenvalue weighted by Gasteiger charge is -2.37. The summed E-state index contributed by atoms with van der Waals surface area (Å²) < 4.78 is 0. The summed E-state index contributed by atoms with van der Waals surface area (Å²) in [6, 6.07) is 14.2. The van der Waals surface area contributed by atoms with Gasteiger partial charge < -0.3 is 10.4 Å². The average molecular weight is 323 g/mol. The van der Waals surface area contributed by atoms with Crippen molar-refractivity contribution in [1.29, 1.82) is 0 Å². The second-order valence-electron chi connectivity index (χ2n) is 7.71. The fraction of sp³-hybridized carbons (Fsp3) is 0.381. The van der Waals surface area contributed by atoms with E-state index in [9.17, 15) is 9.90 Å². The maximum atomic E-state index is 11.8. The molecule has 24 heavy (non-hydrogen) atoms. The molecule has 1 heterocycles. The van der Waals surface area contributed by atoms with Gasteiger partial charge in [-0.25, -0.2) is 4.79 Å². The SMILES string of the molecule is CC(C)(C)C1CCNc2c(C(=O)O)cc(Cc3ccccc3)cc21.